The van der Waals surface area contributed by atoms with E-state index < -0.39 is 21.7 Å². The molecule has 0 aliphatic heterocycles. The average Bonchev–Trinajstić information content (AvgIpc) is 2.99. The molecule has 2 aromatic rings. The number of carbonyl (C=O) groups is 1. The zero-order valence-electron chi connectivity index (χ0n) is 12.2. The lowest BCUT2D eigenvalue weighted by Gasteiger charge is -2.08. The Morgan fingerprint density at radius 1 is 1.42 bits per heavy atom. The number of benzene rings is 1. The van der Waals surface area contributed by atoms with Crippen molar-refractivity contribution in [2.24, 2.45) is 5.73 Å². The fourth-order valence-corrected chi connectivity index (χ4v) is 3.55. The maximum Gasteiger partial charge on any atom is 0.262 e. The minimum atomic E-state index is -3.94. The summed E-state index contributed by atoms with van der Waals surface area (Å²) in [6.07, 6.45) is 1.05. The Morgan fingerprint density at radius 2 is 2.17 bits per heavy atom. The molecule has 0 unspecified atom stereocenters. The topological polar surface area (TPSA) is 138 Å². The van der Waals surface area contributed by atoms with Crippen LogP contribution in [0.15, 0.2) is 34.8 Å². The van der Waals surface area contributed by atoms with Crippen molar-refractivity contribution in [1.29, 1.82) is 5.41 Å². The Kier molecular flexibility index (Phi) is 5.46. The second kappa shape index (κ2) is 7.36. The maximum atomic E-state index is 14.1. The van der Waals surface area contributed by atoms with E-state index in [1.54, 1.807) is 0 Å². The van der Waals surface area contributed by atoms with Gasteiger partial charge >= 0.3 is 0 Å². The number of nitrogens with two attached hydrogens (primary N) is 1. The first-order chi connectivity index (χ1) is 11.3. The maximum absolute atomic E-state index is 14.1. The van der Waals surface area contributed by atoms with Crippen molar-refractivity contribution in [2.45, 2.75) is 11.3 Å². The van der Waals surface area contributed by atoms with Gasteiger partial charge in [0, 0.05) is 0 Å². The molecule has 0 atom stereocenters. The number of thiazole rings is 1. The second-order valence-electron chi connectivity index (χ2n) is 4.70. The van der Waals surface area contributed by atoms with Gasteiger partial charge in [-0.15, -0.1) is 11.3 Å². The van der Waals surface area contributed by atoms with Crippen LogP contribution in [-0.4, -0.2) is 31.7 Å². The number of halogens is 1. The number of carbonyl (C=O) groups excluding carboxylic acids is 1. The van der Waals surface area contributed by atoms with Crippen LogP contribution in [0.3, 0.4) is 0 Å². The molecule has 1 heterocycles. The van der Waals surface area contributed by atoms with Gasteiger partial charge in [-0.1, -0.05) is 6.07 Å². The SMILES string of the molecule is N=C(N)CNC(=O)Cc1ccc(S(=O)(=O)Nc2cncs2)cc1F. The number of rotatable bonds is 7. The van der Waals surface area contributed by atoms with Crippen LogP contribution in [0.25, 0.3) is 0 Å². The number of aromatic nitrogens is 1. The zero-order valence-corrected chi connectivity index (χ0v) is 13.9. The molecule has 24 heavy (non-hydrogen) atoms. The van der Waals surface area contributed by atoms with E-state index in [1.165, 1.54) is 23.8 Å². The van der Waals surface area contributed by atoms with Crippen molar-refractivity contribution in [3.8, 4) is 0 Å². The predicted octanol–water partition coefficient (Wildman–Crippen LogP) is 0.678. The van der Waals surface area contributed by atoms with E-state index in [2.05, 4.69) is 15.0 Å². The van der Waals surface area contributed by atoms with Gasteiger partial charge < -0.3 is 11.1 Å². The van der Waals surface area contributed by atoms with Crippen LogP contribution in [0.4, 0.5) is 9.39 Å². The van der Waals surface area contributed by atoms with Gasteiger partial charge in [0.15, 0.2) is 0 Å². The summed E-state index contributed by atoms with van der Waals surface area (Å²) in [5.41, 5.74) is 6.60. The lowest BCUT2D eigenvalue weighted by Crippen LogP contribution is -2.34. The third-order valence-electron chi connectivity index (χ3n) is 2.83. The summed E-state index contributed by atoms with van der Waals surface area (Å²) in [6, 6.07) is 3.28. The van der Waals surface area contributed by atoms with Crippen LogP contribution < -0.4 is 15.8 Å². The minimum absolute atomic E-state index is 0.0350. The largest absolute Gasteiger partial charge is 0.386 e. The second-order valence-corrected chi connectivity index (χ2v) is 7.27. The molecule has 1 aromatic heterocycles. The lowest BCUT2D eigenvalue weighted by molar-refractivity contribution is -0.120. The first-order valence-corrected chi connectivity index (χ1v) is 8.93. The third-order valence-corrected chi connectivity index (χ3v) is 5.01. The van der Waals surface area contributed by atoms with Crippen molar-refractivity contribution < 1.29 is 17.6 Å². The quantitative estimate of drug-likeness (QED) is 0.419. The summed E-state index contributed by atoms with van der Waals surface area (Å²) in [5.74, 6) is -1.57. The molecule has 0 saturated heterocycles. The molecule has 0 spiro atoms. The van der Waals surface area contributed by atoms with E-state index in [-0.39, 0.29) is 29.3 Å². The van der Waals surface area contributed by atoms with Crippen LogP contribution in [-0.2, 0) is 21.2 Å². The average molecular weight is 371 g/mol. The number of nitrogens with zero attached hydrogens (tertiary/aromatic N) is 1. The Morgan fingerprint density at radius 3 is 2.75 bits per heavy atom. The standard InChI is InChI=1S/C13H14FN5O3S2/c14-10-4-9(24(21,22)19-13-6-17-7-23-13)2-1-8(10)3-12(20)18-5-11(15)16/h1-2,4,6-7,19H,3,5H2,(H3,15,16)(H,18,20). The molecule has 0 aliphatic rings. The van der Waals surface area contributed by atoms with Crippen molar-refractivity contribution in [2.75, 3.05) is 11.3 Å². The van der Waals surface area contributed by atoms with Gasteiger partial charge in [-0.3, -0.25) is 19.9 Å². The summed E-state index contributed by atoms with van der Waals surface area (Å²) in [7, 11) is -3.94. The Balaban J connectivity index is 2.11. The Hall–Kier alpha value is -2.53. The highest BCUT2D eigenvalue weighted by Crippen LogP contribution is 2.21. The molecular weight excluding hydrogens is 357 g/mol. The van der Waals surface area contributed by atoms with Crippen LogP contribution in [0.2, 0.25) is 0 Å². The molecule has 1 amide bonds. The van der Waals surface area contributed by atoms with Gasteiger partial charge in [0.1, 0.15) is 16.7 Å². The molecule has 0 bridgehead atoms. The Bertz CT molecular complexity index is 852. The summed E-state index contributed by atoms with van der Waals surface area (Å²) < 4.78 is 40.6. The molecule has 0 saturated carbocycles. The minimum Gasteiger partial charge on any atom is -0.386 e. The lowest BCUT2D eigenvalue weighted by atomic mass is 10.1. The summed E-state index contributed by atoms with van der Waals surface area (Å²) in [5, 5.41) is 9.65. The zero-order chi connectivity index (χ0) is 17.7. The number of anilines is 1. The number of nitrogens with one attached hydrogen (secondary N) is 3. The molecule has 5 N–H and O–H groups in total. The van der Waals surface area contributed by atoms with Crippen LogP contribution in [0.5, 0.6) is 0 Å². The third kappa shape index (κ3) is 4.73. The van der Waals surface area contributed by atoms with Gasteiger partial charge in [-0.05, 0) is 17.7 Å². The van der Waals surface area contributed by atoms with E-state index in [0.717, 1.165) is 17.4 Å². The van der Waals surface area contributed by atoms with Crippen molar-refractivity contribution in [3.63, 3.8) is 0 Å². The van der Waals surface area contributed by atoms with E-state index in [0.29, 0.717) is 5.00 Å². The van der Waals surface area contributed by atoms with Gasteiger partial charge in [0.25, 0.3) is 10.0 Å². The smallest absolute Gasteiger partial charge is 0.262 e. The normalized spacial score (nSPS) is 11.0. The molecule has 8 nitrogen and oxygen atoms in total. The molecule has 0 fully saturated rings. The molecule has 128 valence electrons. The van der Waals surface area contributed by atoms with Crippen molar-refractivity contribution >= 4 is 38.1 Å². The van der Waals surface area contributed by atoms with Crippen molar-refractivity contribution in [3.05, 3.63) is 41.3 Å². The monoisotopic (exact) mass is 371 g/mol. The van der Waals surface area contributed by atoms with Crippen LogP contribution in [0.1, 0.15) is 5.56 Å². The molecule has 2 rings (SSSR count). The van der Waals surface area contributed by atoms with Gasteiger partial charge in [-0.2, -0.15) is 0 Å². The molecule has 0 radical (unpaired) electrons. The van der Waals surface area contributed by atoms with Gasteiger partial charge in [0.05, 0.1) is 29.6 Å². The summed E-state index contributed by atoms with van der Waals surface area (Å²) in [6.45, 7) is -0.133. The van der Waals surface area contributed by atoms with E-state index in [4.69, 9.17) is 11.1 Å². The summed E-state index contributed by atoms with van der Waals surface area (Å²) >= 11 is 1.09. The highest BCUT2D eigenvalue weighted by molar-refractivity contribution is 7.93. The highest BCUT2D eigenvalue weighted by atomic mass is 32.2. The number of sulfonamides is 1. The first kappa shape index (κ1) is 17.8. The van der Waals surface area contributed by atoms with Crippen molar-refractivity contribution in [1.82, 2.24) is 10.3 Å². The van der Waals surface area contributed by atoms with Gasteiger partial charge in [-0.25, -0.2) is 12.8 Å². The molecule has 11 heteroatoms. The number of amides is 1. The Labute approximate surface area is 141 Å². The van der Waals surface area contributed by atoms with E-state index in [1.807, 2.05) is 0 Å². The first-order valence-electron chi connectivity index (χ1n) is 6.57. The molecular formula is C13H14FN5O3S2. The highest BCUT2D eigenvalue weighted by Gasteiger charge is 2.18. The van der Waals surface area contributed by atoms with Gasteiger partial charge in [0.2, 0.25) is 5.91 Å². The summed E-state index contributed by atoms with van der Waals surface area (Å²) in [4.78, 5) is 15.1. The number of amidine groups is 1. The molecule has 1 aromatic carbocycles. The number of hydrogen-bond acceptors (Lipinski definition) is 6. The molecule has 0 aliphatic carbocycles. The van der Waals surface area contributed by atoms with E-state index in [9.17, 15) is 17.6 Å². The van der Waals surface area contributed by atoms with Crippen LogP contribution in [0, 0.1) is 11.2 Å². The number of hydrogen-bond donors (Lipinski definition) is 4. The fourth-order valence-electron chi connectivity index (χ4n) is 1.73. The van der Waals surface area contributed by atoms with Crippen LogP contribution >= 0.6 is 11.3 Å². The predicted molar refractivity (Wildman–Crippen MR) is 88.0 cm³/mol. The van der Waals surface area contributed by atoms with E-state index >= 15 is 0 Å². The fraction of sp³-hybridized carbons (Fsp3) is 0.154.